The molecule has 1 saturated heterocycles. The lowest BCUT2D eigenvalue weighted by Gasteiger charge is -2.23. The van der Waals surface area contributed by atoms with Crippen molar-refractivity contribution in [2.45, 2.75) is 18.9 Å². The molecular weight excluding hydrogens is 304 g/mol. The number of piperidine rings is 1. The number of benzene rings is 1. The van der Waals surface area contributed by atoms with Crippen LogP contribution in [0.2, 0.25) is 5.02 Å². The molecule has 17 heavy (non-hydrogen) atoms. The van der Waals surface area contributed by atoms with E-state index in [9.17, 15) is 4.79 Å². The number of amides is 1. The van der Waals surface area contributed by atoms with E-state index in [0.717, 1.165) is 30.4 Å². The Hall–Kier alpha value is -0.580. The van der Waals surface area contributed by atoms with E-state index in [0.29, 0.717) is 10.6 Å². The van der Waals surface area contributed by atoms with Crippen LogP contribution in [0.15, 0.2) is 22.7 Å². The van der Waals surface area contributed by atoms with Crippen molar-refractivity contribution in [1.82, 2.24) is 10.6 Å². The second-order valence-electron chi connectivity index (χ2n) is 4.12. The summed E-state index contributed by atoms with van der Waals surface area (Å²) in [6, 6.07) is 5.49. The third-order valence-corrected chi connectivity index (χ3v) is 3.77. The summed E-state index contributed by atoms with van der Waals surface area (Å²) in [6.45, 7) is 1.92. The van der Waals surface area contributed by atoms with Gasteiger partial charge in [0.2, 0.25) is 0 Å². The van der Waals surface area contributed by atoms with E-state index in [1.165, 1.54) is 0 Å². The molecule has 1 heterocycles. The second kappa shape index (κ2) is 5.85. The highest BCUT2D eigenvalue weighted by atomic mass is 79.9. The fourth-order valence-electron chi connectivity index (χ4n) is 1.90. The zero-order valence-corrected chi connectivity index (χ0v) is 11.6. The summed E-state index contributed by atoms with van der Waals surface area (Å²) in [5, 5.41) is 6.88. The largest absolute Gasteiger partial charge is 0.349 e. The lowest BCUT2D eigenvalue weighted by Crippen LogP contribution is -2.42. The Labute approximate surface area is 114 Å². The third-order valence-electron chi connectivity index (χ3n) is 2.85. The molecule has 2 rings (SSSR count). The fourth-order valence-corrected chi connectivity index (χ4v) is 2.50. The molecule has 0 bridgehead atoms. The first-order valence-electron chi connectivity index (χ1n) is 5.63. The smallest absolute Gasteiger partial charge is 0.252 e. The number of rotatable bonds is 2. The van der Waals surface area contributed by atoms with E-state index in [1.54, 1.807) is 18.2 Å². The van der Waals surface area contributed by atoms with Gasteiger partial charge in [0.25, 0.3) is 5.91 Å². The Balaban J connectivity index is 2.05. The van der Waals surface area contributed by atoms with Crippen LogP contribution in [0, 0.1) is 0 Å². The zero-order valence-electron chi connectivity index (χ0n) is 9.30. The van der Waals surface area contributed by atoms with Gasteiger partial charge < -0.3 is 10.6 Å². The molecule has 0 aromatic heterocycles. The number of carbonyl (C=O) groups is 1. The normalized spacial score (nSPS) is 16.8. The Kier molecular flexibility index (Phi) is 4.42. The van der Waals surface area contributed by atoms with Crippen molar-refractivity contribution in [2.75, 3.05) is 13.1 Å². The van der Waals surface area contributed by atoms with Crippen LogP contribution in [-0.4, -0.2) is 25.0 Å². The van der Waals surface area contributed by atoms with Crippen molar-refractivity contribution in [2.24, 2.45) is 0 Å². The molecule has 0 saturated carbocycles. The summed E-state index contributed by atoms with van der Waals surface area (Å²) in [6.07, 6.45) is 1.95. The first kappa shape index (κ1) is 12.9. The first-order chi connectivity index (χ1) is 8.16. The molecule has 0 spiro atoms. The van der Waals surface area contributed by atoms with Gasteiger partial charge in [0.15, 0.2) is 0 Å². The fraction of sp³-hybridized carbons (Fsp3) is 0.417. The topological polar surface area (TPSA) is 41.1 Å². The van der Waals surface area contributed by atoms with Crippen molar-refractivity contribution in [3.63, 3.8) is 0 Å². The van der Waals surface area contributed by atoms with Crippen LogP contribution in [0.5, 0.6) is 0 Å². The van der Waals surface area contributed by atoms with E-state index >= 15 is 0 Å². The minimum atomic E-state index is -0.0636. The summed E-state index contributed by atoms with van der Waals surface area (Å²) in [5.41, 5.74) is 0.594. The number of hydrogen-bond donors (Lipinski definition) is 2. The van der Waals surface area contributed by atoms with Gasteiger partial charge in [-0.1, -0.05) is 11.6 Å². The maximum atomic E-state index is 12.1. The van der Waals surface area contributed by atoms with E-state index in [4.69, 9.17) is 11.6 Å². The highest BCUT2D eigenvalue weighted by molar-refractivity contribution is 9.10. The summed E-state index contributed by atoms with van der Waals surface area (Å²) < 4.78 is 0.772. The van der Waals surface area contributed by atoms with E-state index in [2.05, 4.69) is 26.6 Å². The van der Waals surface area contributed by atoms with Gasteiger partial charge in [0.05, 0.1) is 5.56 Å². The van der Waals surface area contributed by atoms with Crippen LogP contribution in [0.4, 0.5) is 0 Å². The molecule has 2 N–H and O–H groups in total. The van der Waals surface area contributed by atoms with E-state index in [-0.39, 0.29) is 11.9 Å². The predicted molar refractivity (Wildman–Crippen MR) is 72.5 cm³/mol. The molecule has 1 aromatic carbocycles. The molecule has 3 nitrogen and oxygen atoms in total. The van der Waals surface area contributed by atoms with E-state index in [1.807, 2.05) is 0 Å². The van der Waals surface area contributed by atoms with Gasteiger partial charge >= 0.3 is 0 Å². The summed E-state index contributed by atoms with van der Waals surface area (Å²) in [5.74, 6) is -0.0636. The number of halogens is 2. The predicted octanol–water partition coefficient (Wildman–Crippen LogP) is 2.58. The van der Waals surface area contributed by atoms with Crippen LogP contribution >= 0.6 is 27.5 Å². The van der Waals surface area contributed by atoms with Gasteiger partial charge in [0, 0.05) is 15.5 Å². The maximum Gasteiger partial charge on any atom is 0.252 e. The molecule has 92 valence electrons. The molecule has 0 unspecified atom stereocenters. The average molecular weight is 318 g/mol. The van der Waals surface area contributed by atoms with E-state index < -0.39 is 0 Å². The van der Waals surface area contributed by atoms with Crippen LogP contribution in [0.1, 0.15) is 23.2 Å². The standard InChI is InChI=1S/C12H14BrClN2O/c13-11-2-1-8(14)7-10(11)12(17)16-9-3-5-15-6-4-9/h1-2,7,9,15H,3-6H2,(H,16,17). The molecular formula is C12H14BrClN2O. The molecule has 0 aliphatic carbocycles. The minimum Gasteiger partial charge on any atom is -0.349 e. The molecule has 1 aliphatic heterocycles. The summed E-state index contributed by atoms with van der Waals surface area (Å²) >= 11 is 9.26. The van der Waals surface area contributed by atoms with Crippen molar-refractivity contribution >= 4 is 33.4 Å². The second-order valence-corrected chi connectivity index (χ2v) is 5.41. The van der Waals surface area contributed by atoms with Gasteiger partial charge in [-0.05, 0) is 60.1 Å². The highest BCUT2D eigenvalue weighted by Crippen LogP contribution is 2.21. The van der Waals surface area contributed by atoms with Crippen LogP contribution in [0.25, 0.3) is 0 Å². The molecule has 1 aliphatic rings. The molecule has 1 amide bonds. The van der Waals surface area contributed by atoms with Crippen molar-refractivity contribution < 1.29 is 4.79 Å². The quantitative estimate of drug-likeness (QED) is 0.880. The highest BCUT2D eigenvalue weighted by Gasteiger charge is 2.17. The Morgan fingerprint density at radius 2 is 2.12 bits per heavy atom. The Bertz CT molecular complexity index is 419. The number of hydrogen-bond acceptors (Lipinski definition) is 2. The molecule has 0 atom stereocenters. The van der Waals surface area contributed by atoms with Gasteiger partial charge in [0.1, 0.15) is 0 Å². The Morgan fingerprint density at radius 1 is 1.41 bits per heavy atom. The summed E-state index contributed by atoms with van der Waals surface area (Å²) in [4.78, 5) is 12.1. The van der Waals surface area contributed by atoms with Crippen molar-refractivity contribution in [3.05, 3.63) is 33.3 Å². The van der Waals surface area contributed by atoms with Crippen molar-refractivity contribution in [1.29, 1.82) is 0 Å². The van der Waals surface area contributed by atoms with Crippen LogP contribution < -0.4 is 10.6 Å². The van der Waals surface area contributed by atoms with Crippen molar-refractivity contribution in [3.8, 4) is 0 Å². The molecule has 5 heteroatoms. The minimum absolute atomic E-state index is 0.0636. The maximum absolute atomic E-state index is 12.1. The number of carbonyl (C=O) groups excluding carboxylic acids is 1. The van der Waals surface area contributed by atoms with Gasteiger partial charge in [-0.25, -0.2) is 0 Å². The van der Waals surface area contributed by atoms with Gasteiger partial charge in [-0.3, -0.25) is 4.79 Å². The zero-order chi connectivity index (χ0) is 12.3. The molecule has 0 radical (unpaired) electrons. The lowest BCUT2D eigenvalue weighted by molar-refractivity contribution is 0.0929. The number of nitrogens with one attached hydrogen (secondary N) is 2. The van der Waals surface area contributed by atoms with Gasteiger partial charge in [-0.15, -0.1) is 0 Å². The molecule has 1 fully saturated rings. The Morgan fingerprint density at radius 3 is 2.82 bits per heavy atom. The van der Waals surface area contributed by atoms with Gasteiger partial charge in [-0.2, -0.15) is 0 Å². The van der Waals surface area contributed by atoms with Crippen LogP contribution in [-0.2, 0) is 0 Å². The monoisotopic (exact) mass is 316 g/mol. The SMILES string of the molecule is O=C(NC1CCNCC1)c1cc(Cl)ccc1Br. The van der Waals surface area contributed by atoms with Crippen LogP contribution in [0.3, 0.4) is 0 Å². The lowest BCUT2D eigenvalue weighted by atomic mass is 10.1. The first-order valence-corrected chi connectivity index (χ1v) is 6.80. The third kappa shape index (κ3) is 3.44. The molecule has 1 aromatic rings. The average Bonchev–Trinajstić information content (AvgIpc) is 2.33. The summed E-state index contributed by atoms with van der Waals surface area (Å²) in [7, 11) is 0.